The second kappa shape index (κ2) is 5.26. The van der Waals surface area contributed by atoms with Gasteiger partial charge in [0.15, 0.2) is 9.84 Å². The molecule has 0 fully saturated rings. The number of hydrogen-bond acceptors (Lipinski definition) is 5. The van der Waals surface area contributed by atoms with E-state index in [1.165, 1.54) is 0 Å². The number of halogens is 1. The number of rotatable bonds is 4. The fraction of sp³-hybridized carbons (Fsp3) is 0.556. The molecule has 0 spiro atoms. The van der Waals surface area contributed by atoms with Crippen LogP contribution in [0, 0.1) is 3.57 Å². The minimum atomic E-state index is -3.12. The minimum Gasteiger partial charge on any atom is -0.383 e. The summed E-state index contributed by atoms with van der Waals surface area (Å²) in [4.78, 5) is 8.21. The van der Waals surface area contributed by atoms with Crippen molar-refractivity contribution in [3.8, 4) is 0 Å². The minimum absolute atomic E-state index is 0.162. The Morgan fingerprint density at radius 1 is 1.38 bits per heavy atom. The Labute approximate surface area is 109 Å². The molecular formula is C9H14IN3O2S. The lowest BCUT2D eigenvalue weighted by Crippen LogP contribution is -2.11. The van der Waals surface area contributed by atoms with E-state index in [9.17, 15) is 8.42 Å². The van der Waals surface area contributed by atoms with Gasteiger partial charge in [0.25, 0.3) is 0 Å². The molecule has 5 nitrogen and oxygen atoms in total. The number of nitrogens with zero attached hydrogens (tertiary/aromatic N) is 2. The van der Waals surface area contributed by atoms with Crippen LogP contribution in [0.2, 0.25) is 0 Å². The van der Waals surface area contributed by atoms with E-state index in [0.717, 1.165) is 28.4 Å². The van der Waals surface area contributed by atoms with E-state index >= 15 is 0 Å². The summed E-state index contributed by atoms with van der Waals surface area (Å²) in [7, 11) is -3.12. The van der Waals surface area contributed by atoms with Crippen molar-refractivity contribution in [2.45, 2.75) is 25.5 Å². The van der Waals surface area contributed by atoms with E-state index in [4.69, 9.17) is 5.73 Å². The van der Waals surface area contributed by atoms with Crippen LogP contribution in [-0.4, -0.2) is 24.6 Å². The van der Waals surface area contributed by atoms with E-state index < -0.39 is 9.84 Å². The Morgan fingerprint density at radius 3 is 2.50 bits per heavy atom. The number of anilines is 1. The fourth-order valence-corrected chi connectivity index (χ4v) is 2.38. The Kier molecular flexibility index (Phi) is 4.48. The van der Waals surface area contributed by atoms with Crippen molar-refractivity contribution in [1.29, 1.82) is 0 Å². The third-order valence-electron chi connectivity index (χ3n) is 1.87. The smallest absolute Gasteiger partial charge is 0.154 e. The second-order valence-corrected chi connectivity index (χ2v) is 6.82. The van der Waals surface area contributed by atoms with Crippen LogP contribution in [0.25, 0.3) is 0 Å². The number of sulfone groups is 1. The summed E-state index contributed by atoms with van der Waals surface area (Å²) in [6, 6.07) is 0. The van der Waals surface area contributed by atoms with E-state index in [1.54, 1.807) is 0 Å². The van der Waals surface area contributed by atoms with Crippen LogP contribution in [0.4, 0.5) is 5.82 Å². The van der Waals surface area contributed by atoms with Gasteiger partial charge in [-0.1, -0.05) is 13.3 Å². The number of aromatic nitrogens is 2. The molecule has 0 atom stereocenters. The fourth-order valence-electron chi connectivity index (χ4n) is 1.27. The molecule has 0 amide bonds. The summed E-state index contributed by atoms with van der Waals surface area (Å²) in [5.74, 6) is 0.478. The zero-order valence-corrected chi connectivity index (χ0v) is 12.2. The highest BCUT2D eigenvalue weighted by atomic mass is 127. The van der Waals surface area contributed by atoms with Crippen LogP contribution < -0.4 is 5.73 Å². The van der Waals surface area contributed by atoms with Crippen LogP contribution in [0.3, 0.4) is 0 Å². The Hall–Kier alpha value is -0.440. The first kappa shape index (κ1) is 13.6. The molecule has 0 saturated heterocycles. The molecule has 1 aromatic heterocycles. The average molecular weight is 355 g/mol. The lowest BCUT2D eigenvalue weighted by molar-refractivity contribution is 0.599. The summed E-state index contributed by atoms with van der Waals surface area (Å²) < 4.78 is 23.1. The predicted molar refractivity (Wildman–Crippen MR) is 71.7 cm³/mol. The zero-order valence-electron chi connectivity index (χ0n) is 9.20. The molecule has 0 aliphatic carbocycles. The maximum Gasteiger partial charge on any atom is 0.154 e. The Bertz CT molecular complexity index is 488. The van der Waals surface area contributed by atoms with Gasteiger partial charge in [-0.15, -0.1) is 0 Å². The van der Waals surface area contributed by atoms with E-state index in [2.05, 4.69) is 32.6 Å². The predicted octanol–water partition coefficient (Wildman–Crippen LogP) is 1.16. The Balaban J connectivity index is 3.13. The third kappa shape index (κ3) is 3.85. The first-order chi connectivity index (χ1) is 7.33. The van der Waals surface area contributed by atoms with Crippen molar-refractivity contribution in [3.63, 3.8) is 0 Å². The Morgan fingerprint density at radius 2 is 2.00 bits per heavy atom. The molecule has 0 aliphatic rings. The molecule has 0 aromatic carbocycles. The molecule has 0 saturated carbocycles. The quantitative estimate of drug-likeness (QED) is 0.820. The largest absolute Gasteiger partial charge is 0.383 e. The molecule has 16 heavy (non-hydrogen) atoms. The molecule has 0 unspecified atom stereocenters. The van der Waals surface area contributed by atoms with Gasteiger partial charge in [0.2, 0.25) is 0 Å². The molecule has 1 heterocycles. The van der Waals surface area contributed by atoms with Gasteiger partial charge in [-0.2, -0.15) is 0 Å². The lowest BCUT2D eigenvalue weighted by Gasteiger charge is -2.07. The maximum atomic E-state index is 11.1. The van der Waals surface area contributed by atoms with Gasteiger partial charge in [-0.25, -0.2) is 18.4 Å². The standard InChI is InChI=1S/C9H14IN3O2S/c1-3-4-6-8(10)9(11)13-7(12-6)5-16(2,14)15/h3-5H2,1-2H3,(H2,11,12,13). The molecule has 0 aliphatic heterocycles. The SMILES string of the molecule is CCCc1nc(CS(C)(=O)=O)nc(N)c1I. The average Bonchev–Trinajstić information content (AvgIpc) is 2.11. The van der Waals surface area contributed by atoms with Crippen molar-refractivity contribution < 1.29 is 8.42 Å². The molecule has 2 N–H and O–H groups in total. The van der Waals surface area contributed by atoms with Crippen LogP contribution >= 0.6 is 22.6 Å². The maximum absolute atomic E-state index is 11.1. The van der Waals surface area contributed by atoms with Crippen molar-refractivity contribution in [3.05, 3.63) is 15.1 Å². The third-order valence-corrected chi connectivity index (χ3v) is 3.83. The first-order valence-electron chi connectivity index (χ1n) is 4.82. The number of hydrogen-bond donors (Lipinski definition) is 1. The molecule has 90 valence electrons. The van der Waals surface area contributed by atoms with E-state index in [-0.39, 0.29) is 11.6 Å². The lowest BCUT2D eigenvalue weighted by atomic mass is 10.2. The summed E-state index contributed by atoms with van der Waals surface area (Å²) in [6.07, 6.45) is 2.87. The molecule has 0 bridgehead atoms. The van der Waals surface area contributed by atoms with Crippen LogP contribution in [-0.2, 0) is 22.0 Å². The van der Waals surface area contributed by atoms with Gasteiger partial charge in [-0.3, -0.25) is 0 Å². The van der Waals surface area contributed by atoms with Gasteiger partial charge in [0.05, 0.1) is 9.26 Å². The van der Waals surface area contributed by atoms with Crippen LogP contribution in [0.15, 0.2) is 0 Å². The molecular weight excluding hydrogens is 341 g/mol. The van der Waals surface area contributed by atoms with Gasteiger partial charge in [0, 0.05) is 6.26 Å². The van der Waals surface area contributed by atoms with E-state index in [0.29, 0.717) is 5.82 Å². The highest BCUT2D eigenvalue weighted by Gasteiger charge is 2.13. The van der Waals surface area contributed by atoms with Gasteiger partial charge in [-0.05, 0) is 29.0 Å². The highest BCUT2D eigenvalue weighted by molar-refractivity contribution is 14.1. The van der Waals surface area contributed by atoms with Gasteiger partial charge < -0.3 is 5.73 Å². The van der Waals surface area contributed by atoms with Crippen LogP contribution in [0.5, 0.6) is 0 Å². The van der Waals surface area contributed by atoms with Crippen molar-refractivity contribution in [2.75, 3.05) is 12.0 Å². The van der Waals surface area contributed by atoms with Crippen molar-refractivity contribution in [1.82, 2.24) is 9.97 Å². The summed E-state index contributed by atoms with van der Waals surface area (Å²) in [5, 5.41) is 0. The number of nitrogens with two attached hydrogens (primary N) is 1. The number of aryl methyl sites for hydroxylation is 1. The molecule has 1 rings (SSSR count). The second-order valence-electron chi connectivity index (χ2n) is 3.61. The summed E-state index contributed by atoms with van der Waals surface area (Å²) in [5.41, 5.74) is 6.55. The topological polar surface area (TPSA) is 85.9 Å². The summed E-state index contributed by atoms with van der Waals surface area (Å²) >= 11 is 2.08. The van der Waals surface area contributed by atoms with Crippen molar-refractivity contribution >= 4 is 38.2 Å². The van der Waals surface area contributed by atoms with E-state index in [1.807, 2.05) is 6.92 Å². The highest BCUT2D eigenvalue weighted by Crippen LogP contribution is 2.18. The van der Waals surface area contributed by atoms with Gasteiger partial charge >= 0.3 is 0 Å². The molecule has 7 heteroatoms. The van der Waals surface area contributed by atoms with Crippen molar-refractivity contribution in [2.24, 2.45) is 0 Å². The number of nitrogen functional groups attached to an aromatic ring is 1. The monoisotopic (exact) mass is 355 g/mol. The molecule has 1 aromatic rings. The normalized spacial score (nSPS) is 11.7. The molecule has 0 radical (unpaired) electrons. The zero-order chi connectivity index (χ0) is 12.3. The summed E-state index contributed by atoms with van der Waals surface area (Å²) in [6.45, 7) is 2.03. The van der Waals surface area contributed by atoms with Crippen LogP contribution in [0.1, 0.15) is 24.9 Å². The van der Waals surface area contributed by atoms with Gasteiger partial charge in [0.1, 0.15) is 17.4 Å². The first-order valence-corrected chi connectivity index (χ1v) is 7.96.